The summed E-state index contributed by atoms with van der Waals surface area (Å²) in [5.41, 5.74) is 6.49. The van der Waals surface area contributed by atoms with Gasteiger partial charge in [0.2, 0.25) is 5.91 Å². The largest absolute Gasteiger partial charge is 0.351 e. The first-order valence-corrected chi connectivity index (χ1v) is 8.06. The molecule has 1 aliphatic carbocycles. The fourth-order valence-electron chi connectivity index (χ4n) is 3.46. The highest BCUT2D eigenvalue weighted by Gasteiger charge is 2.36. The molecule has 1 aliphatic heterocycles. The average molecular weight is 352 g/mol. The molecule has 1 aromatic carbocycles. The summed E-state index contributed by atoms with van der Waals surface area (Å²) in [5.74, 6) is -0.834. The lowest BCUT2D eigenvalue weighted by Crippen LogP contribution is -2.48. The van der Waals surface area contributed by atoms with Gasteiger partial charge in [-0.05, 0) is 37.4 Å². The van der Waals surface area contributed by atoms with Crippen molar-refractivity contribution in [2.45, 2.75) is 31.7 Å². The van der Waals surface area contributed by atoms with Gasteiger partial charge in [-0.25, -0.2) is 0 Å². The van der Waals surface area contributed by atoms with Crippen LogP contribution in [0.15, 0.2) is 24.3 Å². The summed E-state index contributed by atoms with van der Waals surface area (Å²) >= 11 is 0. The summed E-state index contributed by atoms with van der Waals surface area (Å²) in [6.45, 7) is 0.304. The lowest BCUT2D eigenvalue weighted by atomic mass is 9.84. The van der Waals surface area contributed by atoms with Gasteiger partial charge >= 0.3 is 0 Å². The van der Waals surface area contributed by atoms with Gasteiger partial charge in [-0.3, -0.25) is 19.3 Å². The minimum atomic E-state index is -0.403. The number of halogens is 1. The molecule has 1 aromatic rings. The summed E-state index contributed by atoms with van der Waals surface area (Å²) in [6.07, 6.45) is 4.10. The summed E-state index contributed by atoms with van der Waals surface area (Å²) in [5, 5.41) is 2.95. The van der Waals surface area contributed by atoms with Gasteiger partial charge in [-0.15, -0.1) is 12.4 Å². The Morgan fingerprint density at radius 3 is 2.29 bits per heavy atom. The van der Waals surface area contributed by atoms with Gasteiger partial charge in [-0.1, -0.05) is 25.0 Å². The molecule has 0 aromatic heterocycles. The van der Waals surface area contributed by atoms with Gasteiger partial charge in [0.15, 0.2) is 0 Å². The SMILES string of the molecule is Cl.NCC1CCCCC1NC(=O)CN1C(=O)c2ccccc2C1=O. The second kappa shape index (κ2) is 7.77. The van der Waals surface area contributed by atoms with Gasteiger partial charge in [0.05, 0.1) is 11.1 Å². The van der Waals surface area contributed by atoms with Crippen LogP contribution in [0.4, 0.5) is 0 Å². The van der Waals surface area contributed by atoms with Gasteiger partial charge in [0.1, 0.15) is 6.54 Å². The van der Waals surface area contributed by atoms with Crippen LogP contribution in [-0.2, 0) is 4.79 Å². The summed E-state index contributed by atoms with van der Waals surface area (Å²) < 4.78 is 0. The van der Waals surface area contributed by atoms with E-state index in [1.165, 1.54) is 0 Å². The molecule has 3 rings (SSSR count). The molecule has 3 N–H and O–H groups in total. The molecule has 6 nitrogen and oxygen atoms in total. The van der Waals surface area contributed by atoms with Crippen molar-refractivity contribution in [1.82, 2.24) is 10.2 Å². The van der Waals surface area contributed by atoms with Crippen molar-refractivity contribution >= 4 is 30.1 Å². The molecule has 130 valence electrons. The van der Waals surface area contributed by atoms with Gasteiger partial charge in [-0.2, -0.15) is 0 Å². The Balaban J connectivity index is 0.00000208. The first-order valence-electron chi connectivity index (χ1n) is 8.06. The number of carbonyl (C=O) groups excluding carboxylic acids is 3. The van der Waals surface area contributed by atoms with Crippen molar-refractivity contribution in [3.8, 4) is 0 Å². The normalized spacial score (nSPS) is 22.8. The van der Waals surface area contributed by atoms with Crippen LogP contribution in [-0.4, -0.2) is 41.8 Å². The molecule has 1 saturated carbocycles. The van der Waals surface area contributed by atoms with E-state index in [0.717, 1.165) is 30.6 Å². The fraction of sp³-hybridized carbons (Fsp3) is 0.471. The lowest BCUT2D eigenvalue weighted by Gasteiger charge is -2.31. The predicted octanol–water partition coefficient (Wildman–Crippen LogP) is 1.34. The Morgan fingerprint density at radius 2 is 1.71 bits per heavy atom. The van der Waals surface area contributed by atoms with Crippen LogP contribution in [0.1, 0.15) is 46.4 Å². The van der Waals surface area contributed by atoms with E-state index in [1.807, 2.05) is 0 Å². The molecule has 0 radical (unpaired) electrons. The molecule has 2 unspecified atom stereocenters. The standard InChI is InChI=1S/C17H21N3O3.ClH/c18-9-11-5-1-4-8-14(11)19-15(21)10-20-16(22)12-6-2-3-7-13(12)17(20)23;/h2-3,6-7,11,14H,1,4-5,8-10,18H2,(H,19,21);1H. The maximum Gasteiger partial charge on any atom is 0.262 e. The lowest BCUT2D eigenvalue weighted by molar-refractivity contribution is -0.122. The summed E-state index contributed by atoms with van der Waals surface area (Å²) in [6, 6.07) is 6.68. The predicted molar refractivity (Wildman–Crippen MR) is 92.0 cm³/mol. The average Bonchev–Trinajstić information content (AvgIpc) is 2.81. The molecule has 3 amide bonds. The maximum atomic E-state index is 12.3. The topological polar surface area (TPSA) is 92.5 Å². The molecule has 24 heavy (non-hydrogen) atoms. The molecule has 1 heterocycles. The number of nitrogens with zero attached hydrogens (tertiary/aromatic N) is 1. The van der Waals surface area contributed by atoms with E-state index >= 15 is 0 Å². The first kappa shape index (κ1) is 18.4. The number of rotatable bonds is 4. The highest BCUT2D eigenvalue weighted by Crippen LogP contribution is 2.24. The number of nitrogens with two attached hydrogens (primary N) is 1. The third-order valence-corrected chi connectivity index (χ3v) is 4.74. The van der Waals surface area contributed by atoms with Gasteiger partial charge < -0.3 is 11.1 Å². The molecule has 0 saturated heterocycles. The van der Waals surface area contributed by atoms with Crippen LogP contribution in [0.3, 0.4) is 0 Å². The van der Waals surface area contributed by atoms with Crippen molar-refractivity contribution in [3.63, 3.8) is 0 Å². The van der Waals surface area contributed by atoms with E-state index in [4.69, 9.17) is 5.73 Å². The summed E-state index contributed by atoms with van der Waals surface area (Å²) in [7, 11) is 0. The molecular weight excluding hydrogens is 330 g/mol. The number of hydrogen-bond acceptors (Lipinski definition) is 4. The van der Waals surface area contributed by atoms with Crippen molar-refractivity contribution in [3.05, 3.63) is 35.4 Å². The smallest absolute Gasteiger partial charge is 0.262 e. The number of fused-ring (bicyclic) bond motifs is 1. The molecule has 0 bridgehead atoms. The molecule has 0 spiro atoms. The van der Waals surface area contributed by atoms with Crippen LogP contribution in [0.2, 0.25) is 0 Å². The quantitative estimate of drug-likeness (QED) is 0.800. The number of carbonyl (C=O) groups is 3. The third kappa shape index (κ3) is 3.44. The fourth-order valence-corrected chi connectivity index (χ4v) is 3.46. The third-order valence-electron chi connectivity index (χ3n) is 4.74. The second-order valence-corrected chi connectivity index (χ2v) is 6.20. The van der Waals surface area contributed by atoms with Crippen molar-refractivity contribution in [1.29, 1.82) is 0 Å². The number of imide groups is 1. The van der Waals surface area contributed by atoms with E-state index in [0.29, 0.717) is 17.7 Å². The van der Waals surface area contributed by atoms with E-state index in [1.54, 1.807) is 24.3 Å². The van der Waals surface area contributed by atoms with Crippen molar-refractivity contribution < 1.29 is 14.4 Å². The molecule has 7 heteroatoms. The number of hydrogen-bond donors (Lipinski definition) is 2. The minimum absolute atomic E-state index is 0. The zero-order valence-electron chi connectivity index (χ0n) is 13.4. The Morgan fingerprint density at radius 1 is 1.12 bits per heavy atom. The zero-order valence-corrected chi connectivity index (χ0v) is 14.2. The number of benzene rings is 1. The van der Waals surface area contributed by atoms with Crippen LogP contribution < -0.4 is 11.1 Å². The number of amides is 3. The second-order valence-electron chi connectivity index (χ2n) is 6.20. The van der Waals surface area contributed by atoms with Crippen LogP contribution in [0.25, 0.3) is 0 Å². The van der Waals surface area contributed by atoms with E-state index < -0.39 is 11.8 Å². The monoisotopic (exact) mass is 351 g/mol. The number of nitrogens with one attached hydrogen (secondary N) is 1. The Hall–Kier alpha value is -1.92. The van der Waals surface area contributed by atoms with Crippen molar-refractivity contribution in [2.75, 3.05) is 13.1 Å². The summed E-state index contributed by atoms with van der Waals surface area (Å²) in [4.78, 5) is 37.8. The molecule has 2 atom stereocenters. The zero-order chi connectivity index (χ0) is 16.4. The highest BCUT2D eigenvalue weighted by molar-refractivity contribution is 6.22. The Labute approximate surface area is 147 Å². The first-order chi connectivity index (χ1) is 11.1. The van der Waals surface area contributed by atoms with Gasteiger partial charge in [0.25, 0.3) is 11.8 Å². The van der Waals surface area contributed by atoms with Crippen LogP contribution in [0, 0.1) is 5.92 Å². The van der Waals surface area contributed by atoms with E-state index in [-0.39, 0.29) is 36.8 Å². The van der Waals surface area contributed by atoms with Crippen molar-refractivity contribution in [2.24, 2.45) is 11.7 Å². The van der Waals surface area contributed by atoms with E-state index in [2.05, 4.69) is 5.32 Å². The minimum Gasteiger partial charge on any atom is -0.351 e. The Kier molecular flexibility index (Phi) is 5.96. The molecule has 2 aliphatic rings. The van der Waals surface area contributed by atoms with Crippen LogP contribution >= 0.6 is 12.4 Å². The van der Waals surface area contributed by atoms with E-state index in [9.17, 15) is 14.4 Å². The van der Waals surface area contributed by atoms with Crippen LogP contribution in [0.5, 0.6) is 0 Å². The Bertz CT molecular complexity index is 615. The highest BCUT2D eigenvalue weighted by atomic mass is 35.5. The molecule has 1 fully saturated rings. The van der Waals surface area contributed by atoms with Gasteiger partial charge in [0, 0.05) is 6.04 Å². The molecular formula is C17H22ClN3O3. The maximum absolute atomic E-state index is 12.3.